The number of hydrogen-bond donors (Lipinski definition) is 2. The molecule has 2 N–H and O–H groups in total. The van der Waals surface area contributed by atoms with Crippen LogP contribution in [0.4, 0.5) is 0 Å². The van der Waals surface area contributed by atoms with Crippen molar-refractivity contribution in [1.29, 1.82) is 0 Å². The Morgan fingerprint density at radius 3 is 2.56 bits per heavy atom. The van der Waals surface area contributed by atoms with E-state index in [0.29, 0.717) is 17.9 Å². The van der Waals surface area contributed by atoms with Gasteiger partial charge in [0.2, 0.25) is 0 Å². The van der Waals surface area contributed by atoms with Crippen molar-refractivity contribution in [1.82, 2.24) is 5.32 Å². The summed E-state index contributed by atoms with van der Waals surface area (Å²) < 4.78 is 4.55. The van der Waals surface area contributed by atoms with E-state index in [2.05, 4.69) is 23.9 Å². The van der Waals surface area contributed by atoms with Crippen molar-refractivity contribution in [2.24, 2.45) is 11.8 Å². The molecule has 0 aromatic rings. The number of carbonyl (C=O) groups is 1. The third-order valence-corrected chi connectivity index (χ3v) is 3.80. The monoisotopic (exact) mass is 229 g/mol. The molecule has 1 aliphatic rings. The molecule has 1 aliphatic carbocycles. The van der Waals surface area contributed by atoms with E-state index in [1.165, 1.54) is 20.5 Å². The zero-order valence-electron chi connectivity index (χ0n) is 10.6. The van der Waals surface area contributed by atoms with E-state index in [4.69, 9.17) is 0 Å². The van der Waals surface area contributed by atoms with E-state index in [9.17, 15) is 9.90 Å². The van der Waals surface area contributed by atoms with Crippen LogP contribution in [0.3, 0.4) is 0 Å². The normalized spacial score (nSPS) is 33.4. The largest absolute Gasteiger partial charge is 0.467 e. The number of nitrogens with one attached hydrogen (secondary N) is 1. The van der Waals surface area contributed by atoms with Gasteiger partial charge < -0.3 is 15.2 Å². The Bertz CT molecular complexity index is 253. The average Bonchev–Trinajstić information content (AvgIpc) is 2.56. The molecule has 1 rings (SSSR count). The van der Waals surface area contributed by atoms with Crippen LogP contribution in [0.15, 0.2) is 0 Å². The fourth-order valence-electron chi connectivity index (χ4n) is 2.27. The summed E-state index contributed by atoms with van der Waals surface area (Å²) in [7, 11) is 1.29. The first-order valence-electron chi connectivity index (χ1n) is 5.92. The Balaban J connectivity index is 2.43. The summed E-state index contributed by atoms with van der Waals surface area (Å²) in [6, 6.07) is 0.395. The average molecular weight is 229 g/mol. The molecule has 0 spiro atoms. The first-order chi connectivity index (χ1) is 7.38. The Hall–Kier alpha value is -0.610. The molecule has 0 saturated heterocycles. The molecule has 0 aromatic carbocycles. The van der Waals surface area contributed by atoms with Crippen molar-refractivity contribution in [2.75, 3.05) is 13.7 Å². The fraction of sp³-hybridized carbons (Fsp3) is 0.917. The third kappa shape index (κ3) is 2.95. The van der Waals surface area contributed by atoms with Crippen molar-refractivity contribution in [2.45, 2.75) is 45.3 Å². The maximum Gasteiger partial charge on any atom is 0.338 e. The predicted octanol–water partition coefficient (Wildman–Crippen LogP) is 0.935. The second kappa shape index (κ2) is 5.15. The van der Waals surface area contributed by atoms with Gasteiger partial charge in [0.25, 0.3) is 0 Å². The Labute approximate surface area is 97.4 Å². The van der Waals surface area contributed by atoms with E-state index >= 15 is 0 Å². The minimum atomic E-state index is -1.43. The van der Waals surface area contributed by atoms with Gasteiger partial charge in [0.15, 0.2) is 5.60 Å². The summed E-state index contributed by atoms with van der Waals surface area (Å²) in [5.74, 6) is 0.715. The number of aliphatic hydroxyl groups is 1. The van der Waals surface area contributed by atoms with Gasteiger partial charge in [0, 0.05) is 12.6 Å². The highest BCUT2D eigenvalue weighted by molar-refractivity contribution is 5.78. The zero-order chi connectivity index (χ0) is 12.3. The summed E-state index contributed by atoms with van der Waals surface area (Å²) in [5.41, 5.74) is -1.43. The molecule has 0 aromatic heterocycles. The van der Waals surface area contributed by atoms with Gasteiger partial charge in [0.05, 0.1) is 7.11 Å². The molecule has 16 heavy (non-hydrogen) atoms. The fourth-order valence-corrected chi connectivity index (χ4v) is 2.27. The Morgan fingerprint density at radius 2 is 2.12 bits per heavy atom. The van der Waals surface area contributed by atoms with Crippen LogP contribution in [0.25, 0.3) is 0 Å². The molecular weight excluding hydrogens is 206 g/mol. The van der Waals surface area contributed by atoms with E-state index in [1.54, 1.807) is 0 Å². The second-order valence-electron chi connectivity index (χ2n) is 5.17. The number of hydrogen-bond acceptors (Lipinski definition) is 4. The Morgan fingerprint density at radius 1 is 1.50 bits per heavy atom. The lowest BCUT2D eigenvalue weighted by atomic mass is 9.97. The summed E-state index contributed by atoms with van der Waals surface area (Å²) in [6.45, 7) is 6.18. The van der Waals surface area contributed by atoms with Gasteiger partial charge in [-0.3, -0.25) is 0 Å². The maximum atomic E-state index is 11.3. The zero-order valence-corrected chi connectivity index (χ0v) is 10.6. The third-order valence-electron chi connectivity index (χ3n) is 3.80. The van der Waals surface area contributed by atoms with Gasteiger partial charge >= 0.3 is 5.97 Å². The summed E-state index contributed by atoms with van der Waals surface area (Å²) in [5, 5.41) is 13.1. The van der Waals surface area contributed by atoms with Crippen LogP contribution in [0.5, 0.6) is 0 Å². The van der Waals surface area contributed by atoms with Crippen LogP contribution >= 0.6 is 0 Å². The van der Waals surface area contributed by atoms with Crippen molar-refractivity contribution in [3.63, 3.8) is 0 Å². The van der Waals surface area contributed by atoms with Gasteiger partial charge in [-0.2, -0.15) is 0 Å². The smallest absolute Gasteiger partial charge is 0.338 e. The Kier molecular flexibility index (Phi) is 4.33. The molecule has 1 saturated carbocycles. The molecule has 4 unspecified atom stereocenters. The van der Waals surface area contributed by atoms with Crippen LogP contribution in [-0.4, -0.2) is 36.4 Å². The molecule has 0 bridgehead atoms. The molecule has 4 heteroatoms. The molecule has 4 atom stereocenters. The lowest BCUT2D eigenvalue weighted by Gasteiger charge is -2.25. The minimum absolute atomic E-state index is 0.251. The summed E-state index contributed by atoms with van der Waals surface area (Å²) in [6.07, 6.45) is 2.32. The van der Waals surface area contributed by atoms with Crippen LogP contribution in [0, 0.1) is 11.8 Å². The van der Waals surface area contributed by atoms with Crippen molar-refractivity contribution >= 4 is 5.97 Å². The van der Waals surface area contributed by atoms with Crippen molar-refractivity contribution in [3.8, 4) is 0 Å². The number of methoxy groups -OCH3 is 1. The predicted molar refractivity (Wildman–Crippen MR) is 62.0 cm³/mol. The molecular formula is C12H23NO3. The van der Waals surface area contributed by atoms with E-state index < -0.39 is 11.6 Å². The standard InChI is InChI=1S/C12H23NO3/c1-8-5-6-10(9(8)2)13-7-12(3,15)11(14)16-4/h8-10,13,15H,5-7H2,1-4H3. The number of carbonyl (C=O) groups excluding carboxylic acids is 1. The molecule has 4 nitrogen and oxygen atoms in total. The van der Waals surface area contributed by atoms with Crippen molar-refractivity contribution < 1.29 is 14.6 Å². The van der Waals surface area contributed by atoms with Crippen LogP contribution < -0.4 is 5.32 Å². The lowest BCUT2D eigenvalue weighted by Crippen LogP contribution is -2.49. The second-order valence-corrected chi connectivity index (χ2v) is 5.17. The summed E-state index contributed by atoms with van der Waals surface area (Å²) >= 11 is 0. The number of esters is 1. The highest BCUT2D eigenvalue weighted by Gasteiger charge is 2.35. The quantitative estimate of drug-likeness (QED) is 0.704. The van der Waals surface area contributed by atoms with E-state index in [1.807, 2.05) is 0 Å². The van der Waals surface area contributed by atoms with Gasteiger partial charge in [-0.25, -0.2) is 4.79 Å². The van der Waals surface area contributed by atoms with E-state index in [-0.39, 0.29) is 6.54 Å². The van der Waals surface area contributed by atoms with Crippen LogP contribution in [0.1, 0.15) is 33.6 Å². The topological polar surface area (TPSA) is 58.6 Å². The minimum Gasteiger partial charge on any atom is -0.467 e. The molecule has 94 valence electrons. The van der Waals surface area contributed by atoms with Gasteiger partial charge in [-0.15, -0.1) is 0 Å². The van der Waals surface area contributed by atoms with Gasteiger partial charge in [-0.1, -0.05) is 13.8 Å². The highest BCUT2D eigenvalue weighted by Crippen LogP contribution is 2.31. The first kappa shape index (κ1) is 13.5. The van der Waals surface area contributed by atoms with Crippen LogP contribution in [0.2, 0.25) is 0 Å². The van der Waals surface area contributed by atoms with Crippen molar-refractivity contribution in [3.05, 3.63) is 0 Å². The first-order valence-corrected chi connectivity index (χ1v) is 5.92. The molecule has 0 heterocycles. The molecule has 0 radical (unpaired) electrons. The highest BCUT2D eigenvalue weighted by atomic mass is 16.5. The van der Waals surface area contributed by atoms with E-state index in [0.717, 1.165) is 6.42 Å². The van der Waals surface area contributed by atoms with Gasteiger partial charge in [0.1, 0.15) is 0 Å². The van der Waals surface area contributed by atoms with Gasteiger partial charge in [-0.05, 0) is 31.6 Å². The molecule has 1 fully saturated rings. The SMILES string of the molecule is COC(=O)C(C)(O)CNC1CCC(C)C1C. The lowest BCUT2D eigenvalue weighted by molar-refractivity contribution is -0.160. The summed E-state index contributed by atoms with van der Waals surface area (Å²) in [4.78, 5) is 11.3. The number of rotatable bonds is 4. The maximum absolute atomic E-state index is 11.3. The molecule has 0 amide bonds. The molecule has 0 aliphatic heterocycles. The van der Waals surface area contributed by atoms with Crippen LogP contribution in [-0.2, 0) is 9.53 Å². The number of ether oxygens (including phenoxy) is 1.